The van der Waals surface area contributed by atoms with Crippen LogP contribution in [0.5, 0.6) is 0 Å². The van der Waals surface area contributed by atoms with Gasteiger partial charge in [0.1, 0.15) is 5.54 Å². The lowest BCUT2D eigenvalue weighted by Gasteiger charge is -2.23. The molecule has 0 spiro atoms. The van der Waals surface area contributed by atoms with E-state index >= 15 is 0 Å². The fraction of sp³-hybridized carbons (Fsp3) is 0.500. The van der Waals surface area contributed by atoms with E-state index in [0.29, 0.717) is 11.3 Å². The van der Waals surface area contributed by atoms with E-state index in [2.05, 4.69) is 16.7 Å². The van der Waals surface area contributed by atoms with Gasteiger partial charge in [-0.1, -0.05) is 6.07 Å². The fourth-order valence-electron chi connectivity index (χ4n) is 2.69. The number of aryl methyl sites for hydroxylation is 1. The summed E-state index contributed by atoms with van der Waals surface area (Å²) >= 11 is 0. The smallest absolute Gasteiger partial charge is 0.274 e. The molecule has 0 heterocycles. The Morgan fingerprint density at radius 2 is 2.13 bits per heavy atom. The van der Waals surface area contributed by atoms with Crippen LogP contribution in [-0.4, -0.2) is 22.9 Å². The summed E-state index contributed by atoms with van der Waals surface area (Å²) in [6.07, 6.45) is 1.89. The molecule has 0 radical (unpaired) electrons. The molecule has 1 saturated carbocycles. The molecule has 1 fully saturated rings. The molecule has 0 aromatic heterocycles. The molecule has 2 rings (SSSR count). The number of rotatable bonds is 6. The van der Waals surface area contributed by atoms with Crippen molar-refractivity contribution in [3.05, 3.63) is 33.4 Å². The van der Waals surface area contributed by atoms with E-state index in [1.807, 2.05) is 6.92 Å². The molecule has 1 aliphatic carbocycles. The fourth-order valence-corrected chi connectivity index (χ4v) is 2.69. The largest absolute Gasteiger partial charge is 0.376 e. The molecule has 0 bridgehead atoms. The van der Waals surface area contributed by atoms with Gasteiger partial charge in [-0.05, 0) is 45.1 Å². The van der Waals surface area contributed by atoms with Gasteiger partial charge >= 0.3 is 0 Å². The van der Waals surface area contributed by atoms with Crippen LogP contribution in [0.1, 0.15) is 30.9 Å². The summed E-state index contributed by atoms with van der Waals surface area (Å²) < 4.78 is 0. The third-order valence-electron chi connectivity index (χ3n) is 4.29. The van der Waals surface area contributed by atoms with E-state index in [0.717, 1.165) is 18.4 Å². The van der Waals surface area contributed by atoms with E-state index in [-0.39, 0.29) is 24.1 Å². The number of nitro groups is 1. The van der Waals surface area contributed by atoms with Gasteiger partial charge in [0.15, 0.2) is 0 Å². The molecule has 1 aromatic rings. The van der Waals surface area contributed by atoms with Gasteiger partial charge in [0, 0.05) is 11.8 Å². The van der Waals surface area contributed by atoms with E-state index < -0.39 is 10.5 Å². The van der Waals surface area contributed by atoms with Crippen LogP contribution < -0.4 is 10.6 Å². The molecule has 7 nitrogen and oxygen atoms in total. The predicted molar refractivity (Wildman–Crippen MR) is 85.9 cm³/mol. The van der Waals surface area contributed by atoms with Gasteiger partial charge in [-0.2, -0.15) is 5.26 Å². The number of nitro benzene ring substituents is 1. The van der Waals surface area contributed by atoms with Crippen molar-refractivity contribution in [1.82, 2.24) is 5.32 Å². The lowest BCUT2D eigenvalue weighted by atomic mass is 9.98. The first-order valence-electron chi connectivity index (χ1n) is 7.49. The Balaban J connectivity index is 2.06. The van der Waals surface area contributed by atoms with Crippen molar-refractivity contribution in [2.24, 2.45) is 5.92 Å². The number of amides is 1. The Kier molecular flexibility index (Phi) is 4.55. The first-order valence-corrected chi connectivity index (χ1v) is 7.49. The monoisotopic (exact) mass is 316 g/mol. The van der Waals surface area contributed by atoms with Crippen LogP contribution >= 0.6 is 0 Å². The molecule has 23 heavy (non-hydrogen) atoms. The SMILES string of the molecule is Cc1ccc([N+](=O)[O-])c(C)c1NCC(=O)N[C@@](C)(C#N)C1CC1. The van der Waals surface area contributed by atoms with Crippen molar-refractivity contribution in [2.45, 2.75) is 39.2 Å². The van der Waals surface area contributed by atoms with E-state index in [1.54, 1.807) is 19.9 Å². The second-order valence-electron chi connectivity index (χ2n) is 6.15. The van der Waals surface area contributed by atoms with E-state index in [9.17, 15) is 20.2 Å². The minimum Gasteiger partial charge on any atom is -0.376 e. The van der Waals surface area contributed by atoms with Crippen LogP contribution in [0, 0.1) is 41.2 Å². The highest BCUT2D eigenvalue weighted by atomic mass is 16.6. The molecule has 1 atom stereocenters. The van der Waals surface area contributed by atoms with Gasteiger partial charge in [0.05, 0.1) is 23.1 Å². The highest BCUT2D eigenvalue weighted by molar-refractivity contribution is 5.83. The first-order chi connectivity index (χ1) is 10.8. The quantitative estimate of drug-likeness (QED) is 0.619. The van der Waals surface area contributed by atoms with Crippen LogP contribution in [0.3, 0.4) is 0 Å². The molecule has 7 heteroatoms. The first kappa shape index (κ1) is 16.7. The Morgan fingerprint density at radius 1 is 1.48 bits per heavy atom. The van der Waals surface area contributed by atoms with Crippen LogP contribution in [0.2, 0.25) is 0 Å². The molecular formula is C16H20N4O3. The van der Waals surface area contributed by atoms with Gasteiger partial charge in [-0.15, -0.1) is 0 Å². The topological polar surface area (TPSA) is 108 Å². The maximum atomic E-state index is 12.1. The number of carbonyl (C=O) groups is 1. The summed E-state index contributed by atoms with van der Waals surface area (Å²) in [6.45, 7) is 5.16. The van der Waals surface area contributed by atoms with E-state index in [1.165, 1.54) is 6.07 Å². The zero-order chi connectivity index (χ0) is 17.2. The van der Waals surface area contributed by atoms with Gasteiger partial charge < -0.3 is 10.6 Å². The lowest BCUT2D eigenvalue weighted by Crippen LogP contribution is -2.48. The molecule has 0 unspecified atom stereocenters. The molecule has 1 amide bonds. The summed E-state index contributed by atoms with van der Waals surface area (Å²) in [6, 6.07) is 5.27. The van der Waals surface area contributed by atoms with Crippen LogP contribution in [-0.2, 0) is 4.79 Å². The summed E-state index contributed by atoms with van der Waals surface area (Å²) in [7, 11) is 0. The van der Waals surface area contributed by atoms with Gasteiger partial charge in [-0.25, -0.2) is 0 Å². The van der Waals surface area contributed by atoms with Gasteiger partial charge in [0.25, 0.3) is 5.69 Å². The van der Waals surface area contributed by atoms with Crippen LogP contribution in [0.4, 0.5) is 11.4 Å². The Morgan fingerprint density at radius 3 is 2.65 bits per heavy atom. The average molecular weight is 316 g/mol. The number of nitriles is 1. The van der Waals surface area contributed by atoms with Crippen molar-refractivity contribution in [3.8, 4) is 6.07 Å². The van der Waals surface area contributed by atoms with Crippen molar-refractivity contribution in [1.29, 1.82) is 5.26 Å². The highest BCUT2D eigenvalue weighted by Gasteiger charge is 2.42. The lowest BCUT2D eigenvalue weighted by molar-refractivity contribution is -0.385. The van der Waals surface area contributed by atoms with Crippen LogP contribution in [0.25, 0.3) is 0 Å². The number of nitrogens with zero attached hydrogens (tertiary/aromatic N) is 2. The second kappa shape index (κ2) is 6.24. The molecule has 1 aromatic carbocycles. The molecule has 0 aliphatic heterocycles. The Bertz CT molecular complexity index is 691. The second-order valence-corrected chi connectivity index (χ2v) is 6.15. The summed E-state index contributed by atoms with van der Waals surface area (Å²) in [5.41, 5.74) is 1.07. The standard InChI is InChI=1S/C16H20N4O3/c1-10-4-7-13(20(22)23)11(2)15(10)18-8-14(21)19-16(3,9-17)12-5-6-12/h4,7,12,18H,5-6,8H2,1-3H3,(H,19,21)/t16-/m0/s1. The number of carbonyl (C=O) groups excluding carboxylic acids is 1. The maximum Gasteiger partial charge on any atom is 0.274 e. The molecule has 122 valence electrons. The zero-order valence-electron chi connectivity index (χ0n) is 13.5. The Labute approximate surface area is 134 Å². The van der Waals surface area contributed by atoms with Crippen molar-refractivity contribution < 1.29 is 9.72 Å². The number of benzene rings is 1. The third kappa shape index (κ3) is 3.59. The van der Waals surface area contributed by atoms with Crippen molar-refractivity contribution in [3.63, 3.8) is 0 Å². The molecule has 0 saturated heterocycles. The highest BCUT2D eigenvalue weighted by Crippen LogP contribution is 2.39. The number of hydrogen-bond donors (Lipinski definition) is 2. The normalized spacial score (nSPS) is 16.1. The molecular weight excluding hydrogens is 296 g/mol. The summed E-state index contributed by atoms with van der Waals surface area (Å²) in [5.74, 6) is -0.0935. The van der Waals surface area contributed by atoms with Crippen molar-refractivity contribution in [2.75, 3.05) is 11.9 Å². The number of nitrogens with one attached hydrogen (secondary N) is 2. The van der Waals surface area contributed by atoms with Crippen molar-refractivity contribution >= 4 is 17.3 Å². The summed E-state index contributed by atoms with van der Waals surface area (Å²) in [4.78, 5) is 22.7. The van der Waals surface area contributed by atoms with Crippen LogP contribution in [0.15, 0.2) is 12.1 Å². The van der Waals surface area contributed by atoms with Gasteiger partial charge in [0.2, 0.25) is 5.91 Å². The third-order valence-corrected chi connectivity index (χ3v) is 4.29. The number of hydrogen-bond acceptors (Lipinski definition) is 5. The van der Waals surface area contributed by atoms with E-state index in [4.69, 9.17) is 0 Å². The number of anilines is 1. The Hall–Kier alpha value is -2.62. The molecule has 2 N–H and O–H groups in total. The minimum atomic E-state index is -0.842. The predicted octanol–water partition coefficient (Wildman–Crippen LogP) is 2.43. The average Bonchev–Trinajstić information content (AvgIpc) is 3.31. The molecule has 1 aliphatic rings. The maximum absolute atomic E-state index is 12.1. The minimum absolute atomic E-state index is 0.0124. The summed E-state index contributed by atoms with van der Waals surface area (Å²) in [5, 5.41) is 26.0. The zero-order valence-corrected chi connectivity index (χ0v) is 13.5. The van der Waals surface area contributed by atoms with Gasteiger partial charge in [-0.3, -0.25) is 14.9 Å².